The highest BCUT2D eigenvalue weighted by molar-refractivity contribution is 7.99. The minimum absolute atomic E-state index is 0.237. The molecule has 6 nitrogen and oxygen atoms in total. The van der Waals surface area contributed by atoms with Crippen molar-refractivity contribution in [2.24, 2.45) is 0 Å². The summed E-state index contributed by atoms with van der Waals surface area (Å²) in [5, 5.41) is 0.166. The lowest BCUT2D eigenvalue weighted by Crippen LogP contribution is -2.45. The molecule has 1 heterocycles. The number of likely N-dealkylation sites (N-methyl/N-ethyl adjacent to an activating group) is 1. The van der Waals surface area contributed by atoms with Gasteiger partial charge in [0.05, 0.1) is 18.0 Å². The summed E-state index contributed by atoms with van der Waals surface area (Å²) in [6.45, 7) is 5.57. The van der Waals surface area contributed by atoms with Crippen LogP contribution < -0.4 is 9.64 Å². The number of methoxy groups -OCH3 is 1. The molecule has 172 valence electrons. The molecular weight excluding hydrogens is 448 g/mol. The first-order valence-electron chi connectivity index (χ1n) is 10.6. The second kappa shape index (κ2) is 11.1. The molecule has 2 aromatic rings. The quantitative estimate of drug-likeness (QED) is 0.510. The van der Waals surface area contributed by atoms with Gasteiger partial charge in [0.15, 0.2) is 6.10 Å². The number of carbonyl (C=O) groups excluding carboxylic acids is 2. The lowest BCUT2D eigenvalue weighted by molar-refractivity contribution is -0.152. The molecule has 0 radical (unpaired) electrons. The first-order chi connectivity index (χ1) is 15.3. The van der Waals surface area contributed by atoms with Gasteiger partial charge >= 0.3 is 5.97 Å². The van der Waals surface area contributed by atoms with Crippen LogP contribution in [0.25, 0.3) is 0 Å². The monoisotopic (exact) mass is 476 g/mol. The van der Waals surface area contributed by atoms with E-state index in [2.05, 4.69) is 11.8 Å². The molecule has 1 aliphatic rings. The van der Waals surface area contributed by atoms with Crippen molar-refractivity contribution in [2.75, 3.05) is 38.7 Å². The normalized spacial score (nSPS) is 18.3. The Morgan fingerprint density at radius 2 is 1.91 bits per heavy atom. The minimum atomic E-state index is -0.964. The number of benzene rings is 2. The van der Waals surface area contributed by atoms with Crippen molar-refractivity contribution in [1.29, 1.82) is 0 Å². The lowest BCUT2D eigenvalue weighted by atomic mass is 10.1. The van der Waals surface area contributed by atoms with Gasteiger partial charge in [-0.1, -0.05) is 30.7 Å². The third kappa shape index (κ3) is 5.77. The Morgan fingerprint density at radius 1 is 1.19 bits per heavy atom. The molecule has 1 aliphatic heterocycles. The first-order valence-corrected chi connectivity index (χ1v) is 11.9. The van der Waals surface area contributed by atoms with E-state index in [-0.39, 0.29) is 5.91 Å². The fourth-order valence-electron chi connectivity index (χ4n) is 3.73. The van der Waals surface area contributed by atoms with Crippen molar-refractivity contribution in [2.45, 2.75) is 36.5 Å². The molecule has 0 bridgehead atoms. The van der Waals surface area contributed by atoms with E-state index in [9.17, 15) is 9.59 Å². The molecule has 0 spiro atoms. The fourth-order valence-corrected chi connectivity index (χ4v) is 5.32. The molecule has 32 heavy (non-hydrogen) atoms. The molecule has 0 saturated heterocycles. The van der Waals surface area contributed by atoms with Gasteiger partial charge in [0.2, 0.25) is 0 Å². The second-order valence-corrected chi connectivity index (χ2v) is 9.37. The molecule has 0 aliphatic carbocycles. The van der Waals surface area contributed by atoms with Crippen LogP contribution in [0.4, 0.5) is 5.69 Å². The third-order valence-corrected chi connectivity index (χ3v) is 6.89. The van der Waals surface area contributed by atoms with E-state index in [4.69, 9.17) is 21.1 Å². The zero-order valence-electron chi connectivity index (χ0n) is 18.8. The summed E-state index contributed by atoms with van der Waals surface area (Å²) in [7, 11) is 3.64. The summed E-state index contributed by atoms with van der Waals surface area (Å²) in [6.07, 6.45) is 0.0656. The van der Waals surface area contributed by atoms with Gasteiger partial charge in [0, 0.05) is 29.9 Å². The van der Waals surface area contributed by atoms with Gasteiger partial charge in [-0.2, -0.15) is 0 Å². The smallest absolute Gasteiger partial charge is 0.303 e. The number of hydrogen-bond donors (Lipinski definition) is 0. The van der Waals surface area contributed by atoms with Crippen LogP contribution in [0.2, 0.25) is 5.02 Å². The molecule has 0 aromatic heterocycles. The van der Waals surface area contributed by atoms with Crippen LogP contribution >= 0.6 is 23.4 Å². The van der Waals surface area contributed by atoms with E-state index in [1.165, 1.54) is 18.7 Å². The van der Waals surface area contributed by atoms with Gasteiger partial charge in [0.1, 0.15) is 5.75 Å². The number of anilines is 1. The van der Waals surface area contributed by atoms with Gasteiger partial charge < -0.3 is 19.3 Å². The number of halogens is 1. The predicted octanol–water partition coefficient (Wildman–Crippen LogP) is 4.80. The summed E-state index contributed by atoms with van der Waals surface area (Å²) in [4.78, 5) is 30.5. The highest BCUT2D eigenvalue weighted by Crippen LogP contribution is 2.47. The van der Waals surface area contributed by atoms with E-state index < -0.39 is 17.3 Å². The number of hydrogen-bond acceptors (Lipinski definition) is 6. The van der Waals surface area contributed by atoms with Gasteiger partial charge in [-0.3, -0.25) is 9.59 Å². The van der Waals surface area contributed by atoms with Crippen LogP contribution in [0.3, 0.4) is 0 Å². The molecule has 1 unspecified atom stereocenters. The largest absolute Gasteiger partial charge is 0.497 e. The average Bonchev–Trinajstić information content (AvgIpc) is 2.87. The Bertz CT molecular complexity index is 954. The molecule has 2 atom stereocenters. The first kappa shape index (κ1) is 24.4. The number of thioether (sulfide) groups is 1. The molecule has 0 fully saturated rings. The second-order valence-electron chi connectivity index (χ2n) is 7.75. The van der Waals surface area contributed by atoms with E-state index in [1.54, 1.807) is 18.1 Å². The summed E-state index contributed by atoms with van der Waals surface area (Å²) < 4.78 is 10.9. The SMILES string of the molecule is CCCN(C)CCN1C(=O)C(OC(C)=O)[C@H](c2ccc(OC)cc2)Sc2cc(Cl)ccc21. The maximum absolute atomic E-state index is 13.8. The van der Waals surface area contributed by atoms with Gasteiger partial charge in [0.25, 0.3) is 5.91 Å². The Balaban J connectivity index is 2.04. The van der Waals surface area contributed by atoms with Crippen LogP contribution in [-0.4, -0.2) is 56.7 Å². The van der Waals surface area contributed by atoms with Crippen LogP contribution in [-0.2, 0) is 14.3 Å². The number of amides is 1. The van der Waals surface area contributed by atoms with E-state index in [0.717, 1.165) is 29.1 Å². The molecule has 2 aromatic carbocycles. The van der Waals surface area contributed by atoms with Crippen molar-refractivity contribution >= 4 is 40.9 Å². The summed E-state index contributed by atoms with van der Waals surface area (Å²) in [5.74, 6) is -0.0132. The highest BCUT2D eigenvalue weighted by atomic mass is 35.5. The summed E-state index contributed by atoms with van der Waals surface area (Å²) in [6, 6.07) is 13.0. The number of esters is 1. The third-order valence-electron chi connectivity index (χ3n) is 5.30. The van der Waals surface area contributed by atoms with Gasteiger partial charge in [-0.25, -0.2) is 0 Å². The Morgan fingerprint density at radius 3 is 2.53 bits per heavy atom. The van der Waals surface area contributed by atoms with E-state index in [1.807, 2.05) is 43.4 Å². The van der Waals surface area contributed by atoms with E-state index >= 15 is 0 Å². The Kier molecular flexibility index (Phi) is 8.45. The standard InChI is InChI=1S/C24H29ClN2O4S/c1-5-12-26(3)13-14-27-20-11-8-18(25)15-21(20)32-23(22(24(27)29)31-16(2)28)17-6-9-19(30-4)10-7-17/h6-11,15,22-23H,5,12-14H2,1-4H3/t22?,23-/m0/s1. The van der Waals surface area contributed by atoms with Crippen molar-refractivity contribution < 1.29 is 19.1 Å². The molecule has 0 saturated carbocycles. The molecule has 0 N–H and O–H groups in total. The highest BCUT2D eigenvalue weighted by Gasteiger charge is 2.40. The number of fused-ring (bicyclic) bond motifs is 1. The Hall–Kier alpha value is -2.22. The van der Waals surface area contributed by atoms with Crippen LogP contribution in [0.5, 0.6) is 5.75 Å². The number of ether oxygens (including phenoxy) is 2. The van der Waals surface area contributed by atoms with Crippen molar-refractivity contribution in [1.82, 2.24) is 4.90 Å². The number of carbonyl (C=O) groups is 2. The zero-order chi connectivity index (χ0) is 23.3. The van der Waals surface area contributed by atoms with Crippen LogP contribution in [0.15, 0.2) is 47.4 Å². The maximum Gasteiger partial charge on any atom is 0.303 e. The van der Waals surface area contributed by atoms with Crippen molar-refractivity contribution in [3.05, 3.63) is 53.1 Å². The number of nitrogens with zero attached hydrogens (tertiary/aromatic N) is 2. The fraction of sp³-hybridized carbons (Fsp3) is 0.417. The minimum Gasteiger partial charge on any atom is -0.497 e. The maximum atomic E-state index is 13.8. The van der Waals surface area contributed by atoms with Gasteiger partial charge in [-0.15, -0.1) is 11.8 Å². The van der Waals surface area contributed by atoms with Crippen molar-refractivity contribution in [3.63, 3.8) is 0 Å². The van der Waals surface area contributed by atoms with Gasteiger partial charge in [-0.05, 0) is 55.9 Å². The predicted molar refractivity (Wildman–Crippen MR) is 129 cm³/mol. The topological polar surface area (TPSA) is 59.1 Å². The zero-order valence-corrected chi connectivity index (χ0v) is 20.4. The number of rotatable bonds is 8. The van der Waals surface area contributed by atoms with Crippen molar-refractivity contribution in [3.8, 4) is 5.75 Å². The molecular formula is C24H29ClN2O4S. The summed E-state index contributed by atoms with van der Waals surface area (Å²) in [5.41, 5.74) is 1.65. The van der Waals surface area contributed by atoms with Crippen LogP contribution in [0.1, 0.15) is 31.1 Å². The molecule has 8 heteroatoms. The van der Waals surface area contributed by atoms with E-state index in [0.29, 0.717) is 23.9 Å². The van der Waals surface area contributed by atoms with Crippen LogP contribution in [0, 0.1) is 0 Å². The average molecular weight is 477 g/mol. The molecule has 3 rings (SSSR count). The Labute approximate surface area is 198 Å². The lowest BCUT2D eigenvalue weighted by Gasteiger charge is -2.29. The summed E-state index contributed by atoms with van der Waals surface area (Å²) >= 11 is 7.79. The molecule has 1 amide bonds.